The summed E-state index contributed by atoms with van der Waals surface area (Å²) in [5, 5.41) is 12.6. The van der Waals surface area contributed by atoms with Crippen molar-refractivity contribution in [2.24, 2.45) is 0 Å². The second-order valence-electron chi connectivity index (χ2n) is 8.30. The Hall–Kier alpha value is -4.35. The fourth-order valence-electron chi connectivity index (χ4n) is 4.21. The van der Waals surface area contributed by atoms with Crippen LogP contribution in [0.2, 0.25) is 0 Å². The van der Waals surface area contributed by atoms with Gasteiger partial charge in [-0.1, -0.05) is 48.5 Å². The molecule has 1 aliphatic heterocycles. The summed E-state index contributed by atoms with van der Waals surface area (Å²) in [4.78, 5) is 21.2. The van der Waals surface area contributed by atoms with E-state index in [0.717, 1.165) is 29.9 Å². The van der Waals surface area contributed by atoms with Gasteiger partial charge in [0, 0.05) is 50.4 Å². The van der Waals surface area contributed by atoms with Crippen LogP contribution in [0.25, 0.3) is 22.8 Å². The van der Waals surface area contributed by atoms with Crippen molar-refractivity contribution < 1.29 is 13.6 Å². The van der Waals surface area contributed by atoms with Crippen LogP contribution in [0, 0.1) is 11.3 Å². The molecule has 0 unspecified atom stereocenters. The number of furan rings is 1. The van der Waals surface area contributed by atoms with E-state index in [1.54, 1.807) is 18.4 Å². The molecule has 0 atom stereocenters. The number of amides is 1. The number of nitrogens with zero attached hydrogens (tertiary/aromatic N) is 4. The number of oxazole rings is 1. The molecule has 2 aromatic heterocycles. The minimum Gasteiger partial charge on any atom is -0.459 e. The Morgan fingerprint density at radius 2 is 1.77 bits per heavy atom. The van der Waals surface area contributed by atoms with E-state index in [1.165, 1.54) is 0 Å². The van der Waals surface area contributed by atoms with Crippen LogP contribution in [-0.2, 0) is 4.79 Å². The summed E-state index contributed by atoms with van der Waals surface area (Å²) in [6.45, 7) is 3.54. The molecule has 5 rings (SSSR count). The quantitative estimate of drug-likeness (QED) is 0.423. The SMILES string of the molecule is N#Cc1nc(-c2ccco2)oc1N1CCN(CCC(=O)Nc2ccccc2-c2ccccc2)CC1. The van der Waals surface area contributed by atoms with Gasteiger partial charge < -0.3 is 19.1 Å². The summed E-state index contributed by atoms with van der Waals surface area (Å²) in [6.07, 6.45) is 1.94. The number of carbonyl (C=O) groups excluding carboxylic acids is 1. The first kappa shape index (κ1) is 22.4. The molecule has 2 aromatic carbocycles. The van der Waals surface area contributed by atoms with Crippen LogP contribution in [-0.4, -0.2) is 48.5 Å². The van der Waals surface area contributed by atoms with Gasteiger partial charge in [-0.3, -0.25) is 9.69 Å². The Kier molecular flexibility index (Phi) is 6.59. The van der Waals surface area contributed by atoms with Gasteiger partial charge in [-0.15, -0.1) is 0 Å². The standard InChI is InChI=1S/C27H25N5O3/c28-19-23-27(35-26(30-23)24-11-6-18-34-24)32-16-14-31(15-17-32)13-12-25(33)29-22-10-5-4-9-21(22)20-7-2-1-3-8-20/h1-11,18H,12-17H2,(H,29,33). The van der Waals surface area contributed by atoms with Gasteiger partial charge in [0.15, 0.2) is 5.76 Å². The van der Waals surface area contributed by atoms with E-state index in [2.05, 4.69) is 21.3 Å². The number of hydrogen-bond acceptors (Lipinski definition) is 7. The highest BCUT2D eigenvalue weighted by Crippen LogP contribution is 2.29. The Morgan fingerprint density at radius 1 is 1.00 bits per heavy atom. The van der Waals surface area contributed by atoms with Crippen LogP contribution in [0.1, 0.15) is 12.1 Å². The molecule has 0 spiro atoms. The predicted octanol–water partition coefficient (Wildman–Crippen LogP) is 4.62. The third kappa shape index (κ3) is 5.10. The van der Waals surface area contributed by atoms with Crippen LogP contribution in [0.15, 0.2) is 81.8 Å². The van der Waals surface area contributed by atoms with E-state index >= 15 is 0 Å². The van der Waals surface area contributed by atoms with Gasteiger partial charge in [-0.05, 0) is 23.8 Å². The fourth-order valence-corrected chi connectivity index (χ4v) is 4.21. The van der Waals surface area contributed by atoms with E-state index in [-0.39, 0.29) is 11.6 Å². The van der Waals surface area contributed by atoms with Crippen molar-refractivity contribution in [3.05, 3.63) is 78.7 Å². The first-order valence-corrected chi connectivity index (χ1v) is 11.6. The Bertz CT molecular complexity index is 1320. The lowest BCUT2D eigenvalue weighted by molar-refractivity contribution is -0.116. The summed E-state index contributed by atoms with van der Waals surface area (Å²) in [7, 11) is 0. The molecule has 1 amide bonds. The van der Waals surface area contributed by atoms with E-state index in [0.29, 0.717) is 43.6 Å². The van der Waals surface area contributed by atoms with Gasteiger partial charge in [-0.2, -0.15) is 10.2 Å². The van der Waals surface area contributed by atoms with Crippen LogP contribution in [0.3, 0.4) is 0 Å². The van der Waals surface area contributed by atoms with Gasteiger partial charge >= 0.3 is 0 Å². The zero-order chi connectivity index (χ0) is 24.0. The molecule has 0 saturated carbocycles. The molecule has 0 aliphatic carbocycles. The smallest absolute Gasteiger partial charge is 0.266 e. The summed E-state index contributed by atoms with van der Waals surface area (Å²) in [5.74, 6) is 1.25. The maximum atomic E-state index is 12.7. The van der Waals surface area contributed by atoms with Crippen molar-refractivity contribution in [2.75, 3.05) is 42.9 Å². The van der Waals surface area contributed by atoms with Gasteiger partial charge in [0.25, 0.3) is 5.89 Å². The molecule has 35 heavy (non-hydrogen) atoms. The molecule has 1 aliphatic rings. The highest BCUT2D eigenvalue weighted by molar-refractivity contribution is 5.95. The molecule has 1 N–H and O–H groups in total. The first-order chi connectivity index (χ1) is 17.2. The molecule has 1 saturated heterocycles. The van der Waals surface area contributed by atoms with E-state index in [1.807, 2.05) is 59.5 Å². The number of rotatable bonds is 7. The number of carbonyl (C=O) groups is 1. The number of nitriles is 1. The molecular weight excluding hydrogens is 442 g/mol. The van der Waals surface area contributed by atoms with E-state index in [9.17, 15) is 10.1 Å². The number of benzene rings is 2. The molecule has 1 fully saturated rings. The van der Waals surface area contributed by atoms with Crippen molar-refractivity contribution in [1.29, 1.82) is 5.26 Å². The maximum Gasteiger partial charge on any atom is 0.266 e. The Morgan fingerprint density at radius 3 is 2.51 bits per heavy atom. The molecular formula is C27H25N5O3. The van der Waals surface area contributed by atoms with Crippen LogP contribution in [0.4, 0.5) is 11.6 Å². The molecule has 0 radical (unpaired) electrons. The highest BCUT2D eigenvalue weighted by atomic mass is 16.4. The van der Waals surface area contributed by atoms with Crippen molar-refractivity contribution >= 4 is 17.5 Å². The third-order valence-corrected chi connectivity index (χ3v) is 6.05. The van der Waals surface area contributed by atoms with Crippen molar-refractivity contribution in [3.63, 3.8) is 0 Å². The molecule has 176 valence electrons. The maximum absolute atomic E-state index is 12.7. The lowest BCUT2D eigenvalue weighted by Gasteiger charge is -2.34. The molecule has 4 aromatic rings. The Labute approximate surface area is 203 Å². The average molecular weight is 468 g/mol. The zero-order valence-electron chi connectivity index (χ0n) is 19.2. The lowest BCUT2D eigenvalue weighted by atomic mass is 10.0. The zero-order valence-corrected chi connectivity index (χ0v) is 19.2. The second kappa shape index (κ2) is 10.3. The minimum absolute atomic E-state index is 0.0131. The normalized spacial score (nSPS) is 14.0. The predicted molar refractivity (Wildman–Crippen MR) is 133 cm³/mol. The average Bonchev–Trinajstić information content (AvgIpc) is 3.59. The van der Waals surface area contributed by atoms with Crippen LogP contribution < -0.4 is 10.2 Å². The van der Waals surface area contributed by atoms with Gasteiger partial charge in [-0.25, -0.2) is 0 Å². The number of nitrogens with one attached hydrogen (secondary N) is 1. The third-order valence-electron chi connectivity index (χ3n) is 6.05. The lowest BCUT2D eigenvalue weighted by Crippen LogP contribution is -2.47. The Balaban J connectivity index is 1.15. The van der Waals surface area contributed by atoms with Crippen LogP contribution >= 0.6 is 0 Å². The summed E-state index contributed by atoms with van der Waals surface area (Å²) in [5.41, 5.74) is 3.14. The summed E-state index contributed by atoms with van der Waals surface area (Å²) >= 11 is 0. The first-order valence-electron chi connectivity index (χ1n) is 11.6. The van der Waals surface area contributed by atoms with Crippen molar-refractivity contribution in [1.82, 2.24) is 9.88 Å². The topological polar surface area (TPSA) is 98.5 Å². The monoisotopic (exact) mass is 467 g/mol. The second-order valence-corrected chi connectivity index (χ2v) is 8.30. The molecule has 8 heteroatoms. The number of para-hydroxylation sites is 1. The molecule has 8 nitrogen and oxygen atoms in total. The van der Waals surface area contributed by atoms with E-state index in [4.69, 9.17) is 8.83 Å². The van der Waals surface area contributed by atoms with Crippen molar-refractivity contribution in [3.8, 4) is 28.8 Å². The largest absolute Gasteiger partial charge is 0.459 e. The van der Waals surface area contributed by atoms with Gasteiger partial charge in [0.05, 0.1) is 6.26 Å². The van der Waals surface area contributed by atoms with Gasteiger partial charge in [0.2, 0.25) is 17.5 Å². The minimum atomic E-state index is -0.0131. The van der Waals surface area contributed by atoms with Crippen molar-refractivity contribution in [2.45, 2.75) is 6.42 Å². The highest BCUT2D eigenvalue weighted by Gasteiger charge is 2.25. The molecule has 3 heterocycles. The van der Waals surface area contributed by atoms with E-state index < -0.39 is 0 Å². The number of piperazine rings is 1. The number of anilines is 2. The fraction of sp³-hybridized carbons (Fsp3) is 0.222. The van der Waals surface area contributed by atoms with Gasteiger partial charge in [0.1, 0.15) is 6.07 Å². The number of aromatic nitrogens is 1. The number of hydrogen-bond donors (Lipinski definition) is 1. The summed E-state index contributed by atoms with van der Waals surface area (Å²) < 4.78 is 11.2. The molecule has 0 bridgehead atoms. The summed E-state index contributed by atoms with van der Waals surface area (Å²) in [6, 6.07) is 23.5. The van der Waals surface area contributed by atoms with Crippen LogP contribution in [0.5, 0.6) is 0 Å².